The molecule has 0 aromatic heterocycles. The fourth-order valence-electron chi connectivity index (χ4n) is 2.09. The van der Waals surface area contributed by atoms with Gasteiger partial charge in [-0.3, -0.25) is 4.79 Å². The van der Waals surface area contributed by atoms with Crippen molar-refractivity contribution >= 4 is 12.0 Å². The van der Waals surface area contributed by atoms with Crippen molar-refractivity contribution in [3.63, 3.8) is 0 Å². The lowest BCUT2D eigenvalue weighted by Crippen LogP contribution is -2.39. The lowest BCUT2D eigenvalue weighted by molar-refractivity contribution is -0.136. The minimum Gasteiger partial charge on any atom is -0.481 e. The Morgan fingerprint density at radius 1 is 1.31 bits per heavy atom. The summed E-state index contributed by atoms with van der Waals surface area (Å²) in [6, 6.07) is -0.264. The average molecular weight is 228 g/mol. The molecule has 5 nitrogen and oxygen atoms in total. The smallest absolute Gasteiger partial charge is 0.314 e. The number of hydrogen-bond acceptors (Lipinski definition) is 2. The molecule has 5 heteroatoms. The van der Waals surface area contributed by atoms with Gasteiger partial charge in [0.05, 0.1) is 6.42 Å². The minimum atomic E-state index is -0.898. The Morgan fingerprint density at radius 2 is 2.06 bits per heavy atom. The quantitative estimate of drug-likeness (QED) is 0.661. The van der Waals surface area contributed by atoms with E-state index in [0.717, 1.165) is 0 Å². The van der Waals surface area contributed by atoms with Crippen molar-refractivity contribution in [1.82, 2.24) is 10.6 Å². The number of carboxylic acid groups (broad SMARTS) is 1. The van der Waals surface area contributed by atoms with E-state index in [2.05, 4.69) is 17.6 Å². The van der Waals surface area contributed by atoms with Crippen molar-refractivity contribution in [2.45, 2.75) is 32.6 Å². The van der Waals surface area contributed by atoms with Gasteiger partial charge < -0.3 is 15.7 Å². The van der Waals surface area contributed by atoms with E-state index in [1.807, 2.05) is 0 Å². The Kier molecular flexibility index (Phi) is 5.08. The first kappa shape index (κ1) is 12.8. The Bertz CT molecular complexity index is 256. The van der Waals surface area contributed by atoms with Crippen molar-refractivity contribution in [3.8, 4) is 0 Å². The Morgan fingerprint density at radius 3 is 2.62 bits per heavy atom. The number of aliphatic carboxylic acids is 1. The highest BCUT2D eigenvalue weighted by Gasteiger charge is 2.23. The van der Waals surface area contributed by atoms with E-state index in [-0.39, 0.29) is 19.0 Å². The molecular formula is C11H20N2O3. The highest BCUT2D eigenvalue weighted by molar-refractivity contribution is 5.74. The van der Waals surface area contributed by atoms with E-state index >= 15 is 0 Å². The highest BCUT2D eigenvalue weighted by atomic mass is 16.4. The van der Waals surface area contributed by atoms with Gasteiger partial charge in [0.15, 0.2) is 0 Å². The first-order chi connectivity index (χ1) is 7.59. The number of amides is 2. The maximum atomic E-state index is 11.3. The molecule has 0 heterocycles. The van der Waals surface area contributed by atoms with Crippen LogP contribution < -0.4 is 10.6 Å². The summed E-state index contributed by atoms with van der Waals surface area (Å²) in [5.41, 5.74) is 0. The number of carbonyl (C=O) groups excluding carboxylic acids is 1. The second-order valence-electron chi connectivity index (χ2n) is 4.45. The first-order valence-corrected chi connectivity index (χ1v) is 5.83. The molecule has 1 fully saturated rings. The van der Waals surface area contributed by atoms with Crippen LogP contribution >= 0.6 is 0 Å². The van der Waals surface area contributed by atoms with Crippen molar-refractivity contribution in [2.24, 2.45) is 11.8 Å². The summed E-state index contributed by atoms with van der Waals surface area (Å²) >= 11 is 0. The molecule has 0 radical (unpaired) electrons. The highest BCUT2D eigenvalue weighted by Crippen LogP contribution is 2.30. The number of urea groups is 1. The van der Waals surface area contributed by atoms with Gasteiger partial charge in [-0.25, -0.2) is 4.79 Å². The average Bonchev–Trinajstić information content (AvgIpc) is 2.60. The summed E-state index contributed by atoms with van der Waals surface area (Å²) in [5.74, 6) is 0.356. The first-order valence-electron chi connectivity index (χ1n) is 5.83. The molecule has 0 aromatic rings. The number of hydrogen-bond donors (Lipinski definition) is 3. The monoisotopic (exact) mass is 228 g/mol. The third-order valence-electron chi connectivity index (χ3n) is 3.19. The van der Waals surface area contributed by atoms with Gasteiger partial charge in [0.2, 0.25) is 0 Å². The predicted octanol–water partition coefficient (Wildman–Crippen LogP) is 1.20. The molecule has 1 rings (SSSR count). The lowest BCUT2D eigenvalue weighted by atomic mass is 9.98. The molecule has 2 unspecified atom stereocenters. The van der Waals surface area contributed by atoms with Gasteiger partial charge in [-0.2, -0.15) is 0 Å². The summed E-state index contributed by atoms with van der Waals surface area (Å²) in [6.07, 6.45) is 3.63. The van der Waals surface area contributed by atoms with Gasteiger partial charge >= 0.3 is 12.0 Å². The Balaban J connectivity index is 2.08. The number of carboxylic acids is 1. The van der Waals surface area contributed by atoms with Gasteiger partial charge in [0.25, 0.3) is 0 Å². The molecule has 0 spiro atoms. The number of carbonyl (C=O) groups is 2. The van der Waals surface area contributed by atoms with Crippen LogP contribution in [-0.4, -0.2) is 30.2 Å². The molecule has 1 aliphatic rings. The maximum absolute atomic E-state index is 11.3. The topological polar surface area (TPSA) is 78.4 Å². The summed E-state index contributed by atoms with van der Waals surface area (Å²) in [6.45, 7) is 3.09. The third kappa shape index (κ3) is 4.51. The van der Waals surface area contributed by atoms with Crippen LogP contribution in [0, 0.1) is 11.8 Å². The molecule has 1 aliphatic carbocycles. The maximum Gasteiger partial charge on any atom is 0.314 e. The Hall–Kier alpha value is -1.26. The van der Waals surface area contributed by atoms with E-state index < -0.39 is 5.97 Å². The van der Waals surface area contributed by atoms with E-state index in [4.69, 9.17) is 5.11 Å². The summed E-state index contributed by atoms with van der Waals surface area (Å²) in [7, 11) is 0. The van der Waals surface area contributed by atoms with Crippen LogP contribution in [0.4, 0.5) is 4.79 Å². The van der Waals surface area contributed by atoms with Crippen LogP contribution in [0.5, 0.6) is 0 Å². The molecule has 1 saturated carbocycles. The predicted molar refractivity (Wildman–Crippen MR) is 60.2 cm³/mol. The molecule has 2 amide bonds. The SMILES string of the molecule is CC1CCCC1CNC(=O)NCCC(=O)O. The standard InChI is InChI=1S/C11H20N2O3/c1-8-3-2-4-9(8)7-13-11(16)12-6-5-10(14)15/h8-9H,2-7H2,1H3,(H,14,15)(H2,12,13,16). The molecule has 3 N–H and O–H groups in total. The molecule has 0 saturated heterocycles. The van der Waals surface area contributed by atoms with Crippen molar-refractivity contribution in [3.05, 3.63) is 0 Å². The van der Waals surface area contributed by atoms with Gasteiger partial charge in [0, 0.05) is 13.1 Å². The van der Waals surface area contributed by atoms with Crippen molar-refractivity contribution < 1.29 is 14.7 Å². The molecule has 0 bridgehead atoms. The van der Waals surface area contributed by atoms with Gasteiger partial charge in [-0.05, 0) is 18.3 Å². The second kappa shape index (κ2) is 6.35. The van der Waals surface area contributed by atoms with Gasteiger partial charge in [0.1, 0.15) is 0 Å². The molecule has 0 aromatic carbocycles. The number of nitrogens with one attached hydrogen (secondary N) is 2. The van der Waals surface area contributed by atoms with E-state index in [9.17, 15) is 9.59 Å². The second-order valence-corrected chi connectivity index (χ2v) is 4.45. The number of rotatable bonds is 5. The Labute approximate surface area is 95.6 Å². The zero-order chi connectivity index (χ0) is 12.0. The van der Waals surface area contributed by atoms with E-state index in [1.54, 1.807) is 0 Å². The molecule has 2 atom stereocenters. The van der Waals surface area contributed by atoms with Crippen LogP contribution in [0.15, 0.2) is 0 Å². The van der Waals surface area contributed by atoms with Crippen LogP contribution in [-0.2, 0) is 4.79 Å². The zero-order valence-corrected chi connectivity index (χ0v) is 9.66. The van der Waals surface area contributed by atoms with Gasteiger partial charge in [-0.15, -0.1) is 0 Å². The summed E-state index contributed by atoms with van der Waals surface area (Å²) in [4.78, 5) is 21.5. The molecule has 0 aliphatic heterocycles. The fourth-order valence-corrected chi connectivity index (χ4v) is 2.09. The summed E-state index contributed by atoms with van der Waals surface area (Å²) in [5, 5.41) is 13.7. The van der Waals surface area contributed by atoms with E-state index in [1.165, 1.54) is 19.3 Å². The van der Waals surface area contributed by atoms with E-state index in [0.29, 0.717) is 18.4 Å². The zero-order valence-electron chi connectivity index (χ0n) is 9.66. The van der Waals surface area contributed by atoms with Crippen LogP contribution in [0.3, 0.4) is 0 Å². The largest absolute Gasteiger partial charge is 0.481 e. The van der Waals surface area contributed by atoms with Crippen LogP contribution in [0.1, 0.15) is 32.6 Å². The normalized spacial score (nSPS) is 24.1. The van der Waals surface area contributed by atoms with Crippen molar-refractivity contribution in [1.29, 1.82) is 0 Å². The summed E-state index contributed by atoms with van der Waals surface area (Å²) < 4.78 is 0. The fraction of sp³-hybridized carbons (Fsp3) is 0.818. The van der Waals surface area contributed by atoms with Crippen molar-refractivity contribution in [2.75, 3.05) is 13.1 Å². The third-order valence-corrected chi connectivity index (χ3v) is 3.19. The molecule has 16 heavy (non-hydrogen) atoms. The molecular weight excluding hydrogens is 208 g/mol. The lowest BCUT2D eigenvalue weighted by Gasteiger charge is -2.16. The molecule has 92 valence electrons. The van der Waals surface area contributed by atoms with Crippen LogP contribution in [0.2, 0.25) is 0 Å². The minimum absolute atomic E-state index is 0.0345. The van der Waals surface area contributed by atoms with Crippen LogP contribution in [0.25, 0.3) is 0 Å². The van der Waals surface area contributed by atoms with Gasteiger partial charge in [-0.1, -0.05) is 19.8 Å².